The summed E-state index contributed by atoms with van der Waals surface area (Å²) < 4.78 is 0. The van der Waals surface area contributed by atoms with Crippen molar-refractivity contribution in [2.45, 2.75) is 32.7 Å². The number of hydrogen-bond acceptors (Lipinski definition) is 4. The van der Waals surface area contributed by atoms with Crippen LogP contribution in [0.15, 0.2) is 0 Å². The lowest BCUT2D eigenvalue weighted by molar-refractivity contribution is 0.0706. The van der Waals surface area contributed by atoms with Crippen LogP contribution in [0.2, 0.25) is 0 Å². The predicted octanol–water partition coefficient (Wildman–Crippen LogP) is 0.698. The zero-order valence-electron chi connectivity index (χ0n) is 13.1. The molecule has 2 aliphatic heterocycles. The zero-order valence-corrected chi connectivity index (χ0v) is 13.1. The van der Waals surface area contributed by atoms with Crippen molar-refractivity contribution in [1.82, 2.24) is 20.0 Å². The van der Waals surface area contributed by atoms with Gasteiger partial charge in [-0.2, -0.15) is 0 Å². The molecule has 0 saturated carbocycles. The third-order valence-electron chi connectivity index (χ3n) is 4.93. The summed E-state index contributed by atoms with van der Waals surface area (Å²) in [5, 5.41) is 3.45. The van der Waals surface area contributed by atoms with Gasteiger partial charge < -0.3 is 15.1 Å². The molecule has 0 aliphatic carbocycles. The lowest BCUT2D eigenvalue weighted by atomic mass is 9.96. The smallest absolute Gasteiger partial charge is 0.0166 e. The van der Waals surface area contributed by atoms with Gasteiger partial charge in [-0.15, -0.1) is 0 Å². The second kappa shape index (κ2) is 7.02. The summed E-state index contributed by atoms with van der Waals surface area (Å²) in [5.74, 6) is 0. The Kier molecular flexibility index (Phi) is 5.63. The maximum atomic E-state index is 3.45. The minimum atomic E-state index is 0.351. The summed E-state index contributed by atoms with van der Waals surface area (Å²) in [6.07, 6.45) is 1.29. The molecule has 0 spiro atoms. The van der Waals surface area contributed by atoms with Gasteiger partial charge in [0.25, 0.3) is 0 Å². The summed E-state index contributed by atoms with van der Waals surface area (Å²) in [6.45, 7) is 19.3. The first-order chi connectivity index (χ1) is 9.12. The van der Waals surface area contributed by atoms with Crippen LogP contribution >= 0.6 is 0 Å². The average Bonchev–Trinajstić information content (AvgIpc) is 2.47. The van der Waals surface area contributed by atoms with E-state index in [-0.39, 0.29) is 0 Å². The molecule has 19 heavy (non-hydrogen) atoms. The van der Waals surface area contributed by atoms with Crippen molar-refractivity contribution in [2.75, 3.05) is 65.4 Å². The van der Waals surface area contributed by atoms with Crippen LogP contribution in [-0.4, -0.2) is 85.7 Å². The van der Waals surface area contributed by atoms with Gasteiger partial charge in [-0.25, -0.2) is 0 Å². The molecular formula is C15H32N4. The summed E-state index contributed by atoms with van der Waals surface area (Å²) in [6, 6.07) is 0. The highest BCUT2D eigenvalue weighted by Crippen LogP contribution is 2.20. The highest BCUT2D eigenvalue weighted by Gasteiger charge is 2.28. The van der Waals surface area contributed by atoms with Crippen LogP contribution in [0.25, 0.3) is 0 Å². The molecule has 1 N–H and O–H groups in total. The molecule has 0 bridgehead atoms. The van der Waals surface area contributed by atoms with E-state index in [1.54, 1.807) is 0 Å². The Hall–Kier alpha value is -0.160. The van der Waals surface area contributed by atoms with Crippen LogP contribution in [0.4, 0.5) is 0 Å². The van der Waals surface area contributed by atoms with Gasteiger partial charge >= 0.3 is 0 Å². The number of nitrogens with zero attached hydrogens (tertiary/aromatic N) is 3. The molecule has 2 heterocycles. The summed E-state index contributed by atoms with van der Waals surface area (Å²) in [4.78, 5) is 7.86. The number of rotatable bonds is 5. The quantitative estimate of drug-likeness (QED) is 0.792. The van der Waals surface area contributed by atoms with Crippen LogP contribution in [0.3, 0.4) is 0 Å². The minimum Gasteiger partial charge on any atom is -0.314 e. The molecule has 2 aliphatic rings. The second-order valence-electron chi connectivity index (χ2n) is 6.58. The van der Waals surface area contributed by atoms with Gasteiger partial charge in [0.05, 0.1) is 0 Å². The van der Waals surface area contributed by atoms with Crippen molar-refractivity contribution in [3.63, 3.8) is 0 Å². The molecule has 0 aromatic heterocycles. The molecule has 112 valence electrons. The SMILES string of the molecule is CCN1CCN(CCC(C)(C)N2CCNCC2)CC1. The molecule has 2 rings (SSSR count). The Bertz CT molecular complexity index is 253. The van der Waals surface area contributed by atoms with Crippen LogP contribution in [0, 0.1) is 0 Å². The molecular weight excluding hydrogens is 236 g/mol. The third kappa shape index (κ3) is 4.42. The largest absolute Gasteiger partial charge is 0.314 e. The van der Waals surface area contributed by atoms with Crippen LogP contribution in [-0.2, 0) is 0 Å². The monoisotopic (exact) mass is 268 g/mol. The van der Waals surface area contributed by atoms with Crippen molar-refractivity contribution in [2.24, 2.45) is 0 Å². The lowest BCUT2D eigenvalue weighted by Gasteiger charge is -2.43. The maximum Gasteiger partial charge on any atom is 0.0166 e. The van der Waals surface area contributed by atoms with Crippen molar-refractivity contribution < 1.29 is 0 Å². The average molecular weight is 268 g/mol. The normalized spacial score (nSPS) is 24.8. The van der Waals surface area contributed by atoms with E-state index in [4.69, 9.17) is 0 Å². The van der Waals surface area contributed by atoms with Gasteiger partial charge in [0, 0.05) is 57.9 Å². The number of likely N-dealkylation sites (N-methyl/N-ethyl adjacent to an activating group) is 1. The van der Waals surface area contributed by atoms with E-state index in [9.17, 15) is 0 Å². The fourth-order valence-corrected chi connectivity index (χ4v) is 3.19. The predicted molar refractivity (Wildman–Crippen MR) is 81.7 cm³/mol. The first-order valence-electron chi connectivity index (χ1n) is 8.02. The highest BCUT2D eigenvalue weighted by molar-refractivity contribution is 4.86. The Morgan fingerprint density at radius 3 is 2.05 bits per heavy atom. The van der Waals surface area contributed by atoms with Gasteiger partial charge in [0.15, 0.2) is 0 Å². The molecule has 0 unspecified atom stereocenters. The van der Waals surface area contributed by atoms with Gasteiger partial charge in [0.2, 0.25) is 0 Å². The highest BCUT2D eigenvalue weighted by atomic mass is 15.3. The van der Waals surface area contributed by atoms with E-state index >= 15 is 0 Å². The topological polar surface area (TPSA) is 21.8 Å². The van der Waals surface area contributed by atoms with Crippen LogP contribution in [0.5, 0.6) is 0 Å². The van der Waals surface area contributed by atoms with Crippen LogP contribution in [0.1, 0.15) is 27.2 Å². The van der Waals surface area contributed by atoms with Crippen LogP contribution < -0.4 is 5.32 Å². The van der Waals surface area contributed by atoms with Crippen molar-refractivity contribution in [3.05, 3.63) is 0 Å². The van der Waals surface area contributed by atoms with E-state index in [2.05, 4.69) is 40.8 Å². The number of nitrogens with one attached hydrogen (secondary N) is 1. The molecule has 0 aromatic carbocycles. The fraction of sp³-hybridized carbons (Fsp3) is 1.00. The standard InChI is InChI=1S/C15H32N4/c1-4-17-11-13-18(14-12-17)8-5-15(2,3)19-9-6-16-7-10-19/h16H,4-14H2,1-3H3. The Morgan fingerprint density at radius 1 is 0.895 bits per heavy atom. The van der Waals surface area contributed by atoms with Gasteiger partial charge in [-0.3, -0.25) is 4.90 Å². The molecule has 0 radical (unpaired) electrons. The van der Waals surface area contributed by atoms with Gasteiger partial charge in [0.1, 0.15) is 0 Å². The molecule has 4 heteroatoms. The molecule has 2 fully saturated rings. The van der Waals surface area contributed by atoms with E-state index < -0.39 is 0 Å². The first kappa shape index (κ1) is 15.2. The Morgan fingerprint density at radius 2 is 1.47 bits per heavy atom. The van der Waals surface area contributed by atoms with E-state index in [1.807, 2.05) is 0 Å². The minimum absolute atomic E-state index is 0.351. The maximum absolute atomic E-state index is 3.45. The van der Waals surface area contributed by atoms with Crippen molar-refractivity contribution in [1.29, 1.82) is 0 Å². The van der Waals surface area contributed by atoms with E-state index in [0.29, 0.717) is 5.54 Å². The van der Waals surface area contributed by atoms with Crippen molar-refractivity contribution in [3.8, 4) is 0 Å². The lowest BCUT2D eigenvalue weighted by Crippen LogP contribution is -2.55. The van der Waals surface area contributed by atoms with Crippen molar-refractivity contribution >= 4 is 0 Å². The van der Waals surface area contributed by atoms with E-state index in [1.165, 1.54) is 58.8 Å². The first-order valence-corrected chi connectivity index (χ1v) is 8.02. The fourth-order valence-electron chi connectivity index (χ4n) is 3.19. The molecule has 0 aromatic rings. The summed E-state index contributed by atoms with van der Waals surface area (Å²) >= 11 is 0. The summed E-state index contributed by atoms with van der Waals surface area (Å²) in [7, 11) is 0. The Labute approximate surface area is 119 Å². The molecule has 0 amide bonds. The number of hydrogen-bond donors (Lipinski definition) is 1. The molecule has 4 nitrogen and oxygen atoms in total. The summed E-state index contributed by atoms with van der Waals surface area (Å²) in [5.41, 5.74) is 0.351. The Balaban J connectivity index is 1.71. The zero-order chi connectivity index (χ0) is 13.7. The van der Waals surface area contributed by atoms with Gasteiger partial charge in [-0.1, -0.05) is 6.92 Å². The second-order valence-corrected chi connectivity index (χ2v) is 6.58. The molecule has 0 atom stereocenters. The van der Waals surface area contributed by atoms with E-state index in [0.717, 1.165) is 13.1 Å². The third-order valence-corrected chi connectivity index (χ3v) is 4.93. The number of piperazine rings is 2. The van der Waals surface area contributed by atoms with Gasteiger partial charge in [-0.05, 0) is 33.4 Å². The molecule has 2 saturated heterocycles.